The van der Waals surface area contributed by atoms with Crippen molar-refractivity contribution in [1.82, 2.24) is 10.9 Å². The topological polar surface area (TPSA) is 109 Å². The number of hydrogen-bond donors (Lipinski definition) is 3. The molecule has 0 aliphatic carbocycles. The van der Waals surface area contributed by atoms with Gasteiger partial charge in [0.25, 0.3) is 5.91 Å². The van der Waals surface area contributed by atoms with Crippen LogP contribution in [-0.4, -0.2) is 22.9 Å². The van der Waals surface area contributed by atoms with Crippen molar-refractivity contribution in [1.29, 1.82) is 0 Å². The van der Waals surface area contributed by atoms with Gasteiger partial charge in [-0.2, -0.15) is 0 Å². The van der Waals surface area contributed by atoms with Crippen molar-refractivity contribution in [3.8, 4) is 11.1 Å². The first-order valence-corrected chi connectivity index (χ1v) is 7.64. The zero-order valence-electron chi connectivity index (χ0n) is 13.4. The smallest absolute Gasteiger partial charge is 0.336 e. The molecule has 0 unspecified atom stereocenters. The molecule has 0 radical (unpaired) electrons. The number of hydrogen-bond acceptors (Lipinski definition) is 4. The maximum absolute atomic E-state index is 12.5. The molecule has 0 bridgehead atoms. The maximum Gasteiger partial charge on any atom is 0.336 e. The maximum atomic E-state index is 12.5. The van der Waals surface area contributed by atoms with E-state index in [0.29, 0.717) is 11.1 Å². The van der Waals surface area contributed by atoms with Gasteiger partial charge in [0.1, 0.15) is 0 Å². The van der Waals surface area contributed by atoms with Crippen LogP contribution in [0.1, 0.15) is 31.3 Å². The second kappa shape index (κ2) is 7.35. The van der Waals surface area contributed by atoms with E-state index in [2.05, 4.69) is 10.9 Å². The van der Waals surface area contributed by atoms with Gasteiger partial charge in [-0.1, -0.05) is 36.4 Å². The van der Waals surface area contributed by atoms with Crippen LogP contribution in [0, 0.1) is 0 Å². The molecule has 0 spiro atoms. The van der Waals surface area contributed by atoms with Crippen LogP contribution in [0.5, 0.6) is 0 Å². The largest absolute Gasteiger partial charge is 0.478 e. The highest BCUT2D eigenvalue weighted by Gasteiger charge is 2.18. The van der Waals surface area contributed by atoms with Gasteiger partial charge in [-0.3, -0.25) is 20.4 Å². The second-order valence-corrected chi connectivity index (χ2v) is 5.28. The summed E-state index contributed by atoms with van der Waals surface area (Å²) in [4.78, 5) is 35.8. The van der Waals surface area contributed by atoms with E-state index in [1.54, 1.807) is 48.5 Å². The summed E-state index contributed by atoms with van der Waals surface area (Å²) < 4.78 is 4.94. The number of hydrazine groups is 1. The fourth-order valence-corrected chi connectivity index (χ4v) is 2.47. The fourth-order valence-electron chi connectivity index (χ4n) is 2.47. The third kappa shape index (κ3) is 3.46. The summed E-state index contributed by atoms with van der Waals surface area (Å²) in [7, 11) is 0. The van der Waals surface area contributed by atoms with Crippen molar-refractivity contribution >= 4 is 17.8 Å². The third-order valence-electron chi connectivity index (χ3n) is 3.65. The summed E-state index contributed by atoms with van der Waals surface area (Å²) >= 11 is 0. The number of amides is 2. The molecule has 0 saturated carbocycles. The summed E-state index contributed by atoms with van der Waals surface area (Å²) in [5, 5.41) is 9.37. The number of benzene rings is 2. The lowest BCUT2D eigenvalue weighted by atomic mass is 9.95. The van der Waals surface area contributed by atoms with Gasteiger partial charge >= 0.3 is 11.9 Å². The van der Waals surface area contributed by atoms with Crippen molar-refractivity contribution in [3.05, 3.63) is 83.8 Å². The predicted molar refractivity (Wildman–Crippen MR) is 92.5 cm³/mol. The van der Waals surface area contributed by atoms with Crippen LogP contribution in [0.25, 0.3) is 11.1 Å². The van der Waals surface area contributed by atoms with Crippen LogP contribution in [-0.2, 0) is 0 Å². The molecule has 0 saturated heterocycles. The number of carbonyl (C=O) groups excluding carboxylic acids is 2. The molecule has 2 aromatic carbocycles. The molecule has 7 heteroatoms. The van der Waals surface area contributed by atoms with Gasteiger partial charge in [0, 0.05) is 5.56 Å². The van der Waals surface area contributed by atoms with Crippen molar-refractivity contribution < 1.29 is 23.9 Å². The highest BCUT2D eigenvalue weighted by molar-refractivity contribution is 6.05. The fraction of sp³-hybridized carbons (Fsp3) is 0. The van der Waals surface area contributed by atoms with E-state index in [-0.39, 0.29) is 16.9 Å². The van der Waals surface area contributed by atoms with Gasteiger partial charge < -0.3 is 9.52 Å². The monoisotopic (exact) mass is 350 g/mol. The van der Waals surface area contributed by atoms with Crippen LogP contribution in [0.15, 0.2) is 71.3 Å². The first-order chi connectivity index (χ1) is 12.6. The second-order valence-electron chi connectivity index (χ2n) is 5.28. The van der Waals surface area contributed by atoms with Crippen molar-refractivity contribution in [2.45, 2.75) is 0 Å². The molecule has 3 N–H and O–H groups in total. The molecule has 0 atom stereocenters. The summed E-state index contributed by atoms with van der Waals surface area (Å²) in [5.74, 6) is -2.23. The van der Waals surface area contributed by atoms with Gasteiger partial charge in [0.15, 0.2) is 5.76 Å². The number of furan rings is 1. The van der Waals surface area contributed by atoms with Crippen LogP contribution in [0.2, 0.25) is 0 Å². The van der Waals surface area contributed by atoms with E-state index in [4.69, 9.17) is 4.42 Å². The number of carboxylic acids is 1. The Labute approximate surface area is 148 Å². The number of rotatable bonds is 4. The molecule has 3 aromatic rings. The Morgan fingerprint density at radius 3 is 1.92 bits per heavy atom. The van der Waals surface area contributed by atoms with Crippen LogP contribution in [0.3, 0.4) is 0 Å². The zero-order chi connectivity index (χ0) is 18.5. The Hall–Kier alpha value is -3.87. The number of carboxylic acid groups (broad SMARTS) is 1. The first-order valence-electron chi connectivity index (χ1n) is 7.64. The molecule has 2 amide bonds. The predicted octanol–water partition coefficient (Wildman–Crippen LogP) is 2.72. The molecule has 26 heavy (non-hydrogen) atoms. The Kier molecular flexibility index (Phi) is 4.80. The Bertz CT molecular complexity index is 964. The molecular weight excluding hydrogens is 336 g/mol. The molecule has 0 aliphatic rings. The quantitative estimate of drug-likeness (QED) is 0.627. The molecule has 130 valence electrons. The minimum Gasteiger partial charge on any atom is -0.478 e. The third-order valence-corrected chi connectivity index (χ3v) is 3.65. The Morgan fingerprint density at radius 2 is 1.31 bits per heavy atom. The normalized spacial score (nSPS) is 10.2. The number of aromatic carboxylic acids is 1. The van der Waals surface area contributed by atoms with E-state index < -0.39 is 17.8 Å². The average Bonchev–Trinajstić information content (AvgIpc) is 3.20. The standard InChI is InChI=1S/C19H14N2O5/c22-17(20-21-18(23)16-10-5-11-26-16)14-8-3-1-6-12(14)13-7-2-4-9-15(13)19(24)25/h1-11H,(H,20,22)(H,21,23)(H,24,25). The summed E-state index contributed by atoms with van der Waals surface area (Å²) in [5.41, 5.74) is 5.70. The van der Waals surface area contributed by atoms with E-state index in [1.165, 1.54) is 18.4 Å². The Balaban J connectivity index is 1.87. The highest BCUT2D eigenvalue weighted by atomic mass is 16.4. The molecule has 0 aliphatic heterocycles. The van der Waals surface area contributed by atoms with Gasteiger partial charge in [-0.25, -0.2) is 4.79 Å². The number of carbonyl (C=O) groups is 3. The van der Waals surface area contributed by atoms with E-state index in [0.717, 1.165) is 0 Å². The Morgan fingerprint density at radius 1 is 0.731 bits per heavy atom. The first kappa shape index (κ1) is 17.0. The summed E-state index contributed by atoms with van der Waals surface area (Å²) in [6.45, 7) is 0. The molecule has 7 nitrogen and oxygen atoms in total. The van der Waals surface area contributed by atoms with Gasteiger partial charge in [-0.15, -0.1) is 0 Å². The summed E-state index contributed by atoms with van der Waals surface area (Å²) in [6.07, 6.45) is 1.34. The van der Waals surface area contributed by atoms with E-state index in [1.807, 2.05) is 0 Å². The lowest BCUT2D eigenvalue weighted by Crippen LogP contribution is -2.41. The van der Waals surface area contributed by atoms with Crippen LogP contribution < -0.4 is 10.9 Å². The summed E-state index contributed by atoms with van der Waals surface area (Å²) in [6, 6.07) is 15.9. The number of nitrogens with one attached hydrogen (secondary N) is 2. The van der Waals surface area contributed by atoms with Crippen LogP contribution in [0.4, 0.5) is 0 Å². The van der Waals surface area contributed by atoms with E-state index >= 15 is 0 Å². The highest BCUT2D eigenvalue weighted by Crippen LogP contribution is 2.27. The average molecular weight is 350 g/mol. The lowest BCUT2D eigenvalue weighted by molar-refractivity contribution is 0.0697. The van der Waals surface area contributed by atoms with E-state index in [9.17, 15) is 19.5 Å². The molecule has 0 fully saturated rings. The van der Waals surface area contributed by atoms with Gasteiger partial charge in [-0.05, 0) is 35.4 Å². The molecule has 1 heterocycles. The lowest BCUT2D eigenvalue weighted by Gasteiger charge is -2.12. The zero-order valence-corrected chi connectivity index (χ0v) is 13.4. The van der Waals surface area contributed by atoms with Crippen molar-refractivity contribution in [2.75, 3.05) is 0 Å². The van der Waals surface area contributed by atoms with Crippen molar-refractivity contribution in [3.63, 3.8) is 0 Å². The molecule has 3 rings (SSSR count). The minimum atomic E-state index is -1.10. The molecular formula is C19H14N2O5. The minimum absolute atomic E-state index is 0.0507. The van der Waals surface area contributed by atoms with Gasteiger partial charge in [0.2, 0.25) is 0 Å². The molecule has 1 aromatic heterocycles. The van der Waals surface area contributed by atoms with Crippen LogP contribution >= 0.6 is 0 Å². The van der Waals surface area contributed by atoms with Gasteiger partial charge in [0.05, 0.1) is 11.8 Å². The van der Waals surface area contributed by atoms with Crippen molar-refractivity contribution in [2.24, 2.45) is 0 Å². The SMILES string of the molecule is O=C(NNC(=O)c1ccccc1-c1ccccc1C(=O)O)c1ccco1.